The summed E-state index contributed by atoms with van der Waals surface area (Å²) in [5, 5.41) is 10.4. The minimum atomic E-state index is -2.69. The molecule has 0 unspecified atom stereocenters. The Morgan fingerprint density at radius 3 is 2.12 bits per heavy atom. The number of carbonyl (C=O) groups is 2. The smallest absolute Gasteiger partial charge is 0.407 e. The van der Waals surface area contributed by atoms with E-state index in [-0.39, 0.29) is 12.5 Å². The number of hydrogen-bond acceptors (Lipinski definition) is 3. The van der Waals surface area contributed by atoms with Gasteiger partial charge < -0.3 is 15.2 Å². The van der Waals surface area contributed by atoms with Gasteiger partial charge in [0, 0.05) is 5.92 Å². The molecule has 1 amide bonds. The van der Waals surface area contributed by atoms with Gasteiger partial charge in [-0.2, -0.15) is 0 Å². The van der Waals surface area contributed by atoms with Gasteiger partial charge in [0.05, 0.1) is 6.54 Å². The van der Waals surface area contributed by atoms with Crippen molar-refractivity contribution in [3.8, 4) is 11.1 Å². The lowest BCUT2D eigenvalue weighted by molar-refractivity contribution is -0.145. The summed E-state index contributed by atoms with van der Waals surface area (Å²) in [5.41, 5.74) is 4.20. The highest BCUT2D eigenvalue weighted by Gasteiger charge is 2.30. The van der Waals surface area contributed by atoms with Gasteiger partial charge in [0.1, 0.15) is 6.61 Å². The van der Waals surface area contributed by atoms with E-state index in [0.717, 1.165) is 22.3 Å². The molecule has 2 aromatic carbocycles. The van der Waals surface area contributed by atoms with Crippen LogP contribution in [0.2, 0.25) is 0 Å². The zero-order chi connectivity index (χ0) is 18.7. The van der Waals surface area contributed by atoms with Crippen molar-refractivity contribution < 1.29 is 28.2 Å². The van der Waals surface area contributed by atoms with Crippen molar-refractivity contribution >= 4 is 12.1 Å². The number of carboxylic acids is 1. The Kier molecular flexibility index (Phi) is 5.16. The number of ether oxygens (including phenoxy) is 1. The molecule has 0 heterocycles. The van der Waals surface area contributed by atoms with Crippen LogP contribution in [-0.2, 0) is 9.53 Å². The number of nitrogens with one attached hydrogen (secondary N) is 1. The topological polar surface area (TPSA) is 75.6 Å². The molecule has 26 heavy (non-hydrogen) atoms. The number of fused-ring (bicyclic) bond motifs is 3. The Balaban J connectivity index is 1.61. The molecule has 3 rings (SSSR count). The van der Waals surface area contributed by atoms with Gasteiger partial charge in [-0.05, 0) is 22.3 Å². The standard InChI is InChI=1S/C19H17F2NO4/c20-16(17(21)18(23)24)9-22-19(25)26-10-15-13-7-3-1-5-11(13)12-6-2-4-8-14(12)15/h1-8,15-17H,9-10H2,(H,22,25)(H,23,24)/t16-,17+/m1/s1. The predicted octanol–water partition coefficient (Wildman–Crippen LogP) is 3.29. The number of carbonyl (C=O) groups excluding carboxylic acids is 1. The molecule has 5 nitrogen and oxygen atoms in total. The fraction of sp³-hybridized carbons (Fsp3) is 0.263. The van der Waals surface area contributed by atoms with E-state index >= 15 is 0 Å². The van der Waals surface area contributed by atoms with Crippen LogP contribution in [0.1, 0.15) is 17.0 Å². The first-order valence-electron chi connectivity index (χ1n) is 8.09. The summed E-state index contributed by atoms with van der Waals surface area (Å²) in [6.45, 7) is -0.737. The maximum Gasteiger partial charge on any atom is 0.407 e. The number of halogens is 2. The van der Waals surface area contributed by atoms with Gasteiger partial charge in [0.2, 0.25) is 6.17 Å². The fourth-order valence-electron chi connectivity index (χ4n) is 3.09. The predicted molar refractivity (Wildman–Crippen MR) is 90.5 cm³/mol. The van der Waals surface area contributed by atoms with Crippen LogP contribution >= 0.6 is 0 Å². The first-order chi connectivity index (χ1) is 12.5. The molecular formula is C19H17F2NO4. The summed E-state index contributed by atoms with van der Waals surface area (Å²) in [5.74, 6) is -2.06. The Bertz CT molecular complexity index is 781. The molecule has 0 saturated heterocycles. The number of carboxylic acid groups (broad SMARTS) is 1. The van der Waals surface area contributed by atoms with Gasteiger partial charge in [-0.1, -0.05) is 48.5 Å². The summed E-state index contributed by atoms with van der Waals surface area (Å²) in [4.78, 5) is 22.1. The molecule has 0 bridgehead atoms. The molecular weight excluding hydrogens is 344 g/mol. The molecule has 0 saturated carbocycles. The van der Waals surface area contributed by atoms with Gasteiger partial charge in [-0.25, -0.2) is 18.4 Å². The van der Waals surface area contributed by atoms with Crippen molar-refractivity contribution in [2.75, 3.05) is 13.2 Å². The largest absolute Gasteiger partial charge is 0.479 e. The number of hydrogen-bond donors (Lipinski definition) is 2. The van der Waals surface area contributed by atoms with E-state index in [1.807, 2.05) is 48.5 Å². The van der Waals surface area contributed by atoms with Crippen molar-refractivity contribution in [1.29, 1.82) is 0 Å². The number of benzene rings is 2. The molecule has 0 radical (unpaired) electrons. The van der Waals surface area contributed by atoms with Gasteiger partial charge >= 0.3 is 12.1 Å². The monoisotopic (exact) mass is 361 g/mol. The maximum absolute atomic E-state index is 13.3. The van der Waals surface area contributed by atoms with Crippen LogP contribution in [-0.4, -0.2) is 42.7 Å². The zero-order valence-electron chi connectivity index (χ0n) is 13.7. The van der Waals surface area contributed by atoms with Gasteiger partial charge in [-0.3, -0.25) is 0 Å². The van der Waals surface area contributed by atoms with Crippen molar-refractivity contribution in [2.45, 2.75) is 18.3 Å². The number of amides is 1. The average molecular weight is 361 g/mol. The molecule has 0 aromatic heterocycles. The first-order valence-corrected chi connectivity index (χ1v) is 8.09. The second-order valence-corrected chi connectivity index (χ2v) is 5.96. The molecule has 2 aromatic rings. The Labute approximate surface area is 148 Å². The van der Waals surface area contributed by atoms with E-state index < -0.39 is 31.0 Å². The second kappa shape index (κ2) is 7.51. The molecule has 136 valence electrons. The van der Waals surface area contributed by atoms with Crippen LogP contribution in [0.25, 0.3) is 11.1 Å². The molecule has 0 fully saturated rings. The highest BCUT2D eigenvalue weighted by molar-refractivity contribution is 5.79. The minimum absolute atomic E-state index is 0.0365. The highest BCUT2D eigenvalue weighted by Crippen LogP contribution is 2.44. The highest BCUT2D eigenvalue weighted by atomic mass is 19.2. The van der Waals surface area contributed by atoms with Crippen LogP contribution < -0.4 is 5.32 Å². The lowest BCUT2D eigenvalue weighted by Crippen LogP contribution is -2.38. The third-order valence-electron chi connectivity index (χ3n) is 4.34. The molecule has 1 aliphatic carbocycles. The van der Waals surface area contributed by atoms with E-state index in [2.05, 4.69) is 5.32 Å². The molecule has 0 spiro atoms. The van der Waals surface area contributed by atoms with Crippen LogP contribution in [0.15, 0.2) is 48.5 Å². The van der Waals surface area contributed by atoms with Crippen molar-refractivity contribution in [3.63, 3.8) is 0 Å². The van der Waals surface area contributed by atoms with E-state index in [1.165, 1.54) is 0 Å². The van der Waals surface area contributed by atoms with Gasteiger partial charge in [0.15, 0.2) is 6.17 Å². The van der Waals surface area contributed by atoms with Crippen LogP contribution in [0, 0.1) is 0 Å². The van der Waals surface area contributed by atoms with E-state index in [0.29, 0.717) is 0 Å². The maximum atomic E-state index is 13.3. The number of aliphatic carboxylic acids is 1. The van der Waals surface area contributed by atoms with Gasteiger partial charge in [-0.15, -0.1) is 0 Å². The average Bonchev–Trinajstić information content (AvgIpc) is 2.97. The number of alkyl halides is 2. The Morgan fingerprint density at radius 1 is 1.04 bits per heavy atom. The third kappa shape index (κ3) is 3.51. The Hall–Kier alpha value is -2.96. The van der Waals surface area contributed by atoms with Crippen molar-refractivity contribution in [2.24, 2.45) is 0 Å². The SMILES string of the molecule is O=C(NC[C@@H](F)[C@H](F)C(=O)O)OCC1c2ccccc2-c2ccccc21. The van der Waals surface area contributed by atoms with Crippen LogP contribution in [0.3, 0.4) is 0 Å². The quantitative estimate of drug-likeness (QED) is 0.828. The summed E-state index contributed by atoms with van der Waals surface area (Å²) in [6, 6.07) is 15.6. The first kappa shape index (κ1) is 17.8. The number of alkyl carbamates (subject to hydrolysis) is 1. The summed E-state index contributed by atoms with van der Waals surface area (Å²) < 4.78 is 31.4. The molecule has 7 heteroatoms. The third-order valence-corrected chi connectivity index (χ3v) is 4.34. The second-order valence-electron chi connectivity index (χ2n) is 5.96. The fourth-order valence-corrected chi connectivity index (χ4v) is 3.09. The van der Waals surface area contributed by atoms with Crippen LogP contribution in [0.5, 0.6) is 0 Å². The molecule has 0 aliphatic heterocycles. The lowest BCUT2D eigenvalue weighted by atomic mass is 9.98. The van der Waals surface area contributed by atoms with E-state index in [9.17, 15) is 18.4 Å². The minimum Gasteiger partial charge on any atom is -0.479 e. The van der Waals surface area contributed by atoms with Crippen molar-refractivity contribution in [3.05, 3.63) is 59.7 Å². The zero-order valence-corrected chi connectivity index (χ0v) is 13.7. The lowest BCUT2D eigenvalue weighted by Gasteiger charge is -2.15. The van der Waals surface area contributed by atoms with E-state index in [1.54, 1.807) is 0 Å². The van der Waals surface area contributed by atoms with Gasteiger partial charge in [0.25, 0.3) is 0 Å². The van der Waals surface area contributed by atoms with Crippen LogP contribution in [0.4, 0.5) is 13.6 Å². The van der Waals surface area contributed by atoms with E-state index in [4.69, 9.17) is 9.84 Å². The molecule has 1 aliphatic rings. The molecule has 2 N–H and O–H groups in total. The number of rotatable bonds is 6. The molecule has 2 atom stereocenters. The van der Waals surface area contributed by atoms with Crippen molar-refractivity contribution in [1.82, 2.24) is 5.32 Å². The summed E-state index contributed by atoms with van der Waals surface area (Å²) >= 11 is 0. The summed E-state index contributed by atoms with van der Waals surface area (Å²) in [6.07, 6.45) is -5.95. The Morgan fingerprint density at radius 2 is 1.58 bits per heavy atom. The summed E-state index contributed by atoms with van der Waals surface area (Å²) in [7, 11) is 0. The normalized spacial score (nSPS) is 14.8.